The second-order valence-corrected chi connectivity index (χ2v) is 1.49. The van der Waals surface area contributed by atoms with Crippen LogP contribution < -0.4 is 0 Å². The first-order chi connectivity index (χ1) is 3.27. The molecule has 0 aromatic rings. The molecule has 0 rings (SSSR count). The summed E-state index contributed by atoms with van der Waals surface area (Å²) >= 11 is 5.21. The molecular weight excluding hydrogens is 115 g/mol. The number of rotatable bonds is 2. The number of hydrogen-bond acceptors (Lipinski definition) is 0. The van der Waals surface area contributed by atoms with Gasteiger partial charge in [-0.15, -0.1) is 0 Å². The molecule has 40 valence electrons. The topological polar surface area (TPSA) is 0 Å². The minimum atomic E-state index is -0.480. The van der Waals surface area contributed by atoms with Crippen LogP contribution in [0.2, 0.25) is 0 Å². The maximum Gasteiger partial charge on any atom is 0.108 e. The van der Waals surface area contributed by atoms with Crippen LogP contribution in [0.5, 0.6) is 0 Å². The van der Waals surface area contributed by atoms with Crippen molar-refractivity contribution in [3.8, 4) is 0 Å². The van der Waals surface area contributed by atoms with E-state index in [0.717, 1.165) is 0 Å². The van der Waals surface area contributed by atoms with Crippen LogP contribution in [0.4, 0.5) is 4.39 Å². The third-order valence-electron chi connectivity index (χ3n) is 0.388. The van der Waals surface area contributed by atoms with E-state index in [1.54, 1.807) is 0 Å². The Morgan fingerprint density at radius 1 is 1.86 bits per heavy atom. The summed E-state index contributed by atoms with van der Waals surface area (Å²) in [6.07, 6.45) is 2.72. The molecule has 0 spiro atoms. The Kier molecular flexibility index (Phi) is 3.71. The molecule has 0 aromatic heterocycles. The summed E-state index contributed by atoms with van der Waals surface area (Å²) in [4.78, 5) is 0. The van der Waals surface area contributed by atoms with Gasteiger partial charge in [-0.05, 0) is 6.08 Å². The zero-order chi connectivity index (χ0) is 5.70. The monoisotopic (exact) mass is 120 g/mol. The molecule has 0 fully saturated rings. The van der Waals surface area contributed by atoms with Gasteiger partial charge in [0.15, 0.2) is 0 Å². The summed E-state index contributed by atoms with van der Waals surface area (Å²) in [5.41, 5.74) is 0. The van der Waals surface area contributed by atoms with E-state index in [1.165, 1.54) is 12.2 Å². The predicted molar refractivity (Wildman–Crippen MR) is 30.1 cm³/mol. The third kappa shape index (κ3) is 5.70. The van der Waals surface area contributed by atoms with E-state index in [1.807, 2.05) is 0 Å². The first-order valence-corrected chi connectivity index (χ1v) is 2.22. The van der Waals surface area contributed by atoms with Gasteiger partial charge < -0.3 is 0 Å². The lowest BCUT2D eigenvalue weighted by Gasteiger charge is -1.75. The summed E-state index contributed by atoms with van der Waals surface area (Å²) in [5.74, 6) is 0. The van der Waals surface area contributed by atoms with Crippen molar-refractivity contribution in [2.45, 2.75) is 0 Å². The molecule has 0 aliphatic carbocycles. The van der Waals surface area contributed by atoms with Gasteiger partial charge >= 0.3 is 0 Å². The van der Waals surface area contributed by atoms with Crippen molar-refractivity contribution in [3.63, 3.8) is 0 Å². The Morgan fingerprint density at radius 2 is 2.43 bits per heavy atom. The fourth-order valence-corrected chi connectivity index (χ4v) is 0.262. The smallest absolute Gasteiger partial charge is 0.108 e. The van der Waals surface area contributed by atoms with Crippen LogP contribution in [-0.4, -0.2) is 6.67 Å². The van der Waals surface area contributed by atoms with Crippen molar-refractivity contribution in [3.05, 3.63) is 23.8 Å². The van der Waals surface area contributed by atoms with E-state index in [-0.39, 0.29) is 0 Å². The van der Waals surface area contributed by atoms with Gasteiger partial charge in [-0.2, -0.15) is 0 Å². The molecule has 2 heteroatoms. The van der Waals surface area contributed by atoms with Gasteiger partial charge in [-0.1, -0.05) is 24.3 Å². The first kappa shape index (κ1) is 6.70. The van der Waals surface area contributed by atoms with Crippen LogP contribution in [0.1, 0.15) is 0 Å². The van der Waals surface area contributed by atoms with Crippen LogP contribution in [0.25, 0.3) is 0 Å². The van der Waals surface area contributed by atoms with Gasteiger partial charge in [0.2, 0.25) is 0 Å². The fraction of sp³-hybridized carbons (Fsp3) is 0.200. The molecule has 0 bridgehead atoms. The molecule has 0 radical (unpaired) electrons. The first-order valence-electron chi connectivity index (χ1n) is 1.84. The van der Waals surface area contributed by atoms with E-state index in [4.69, 9.17) is 11.6 Å². The van der Waals surface area contributed by atoms with Crippen LogP contribution >= 0.6 is 11.6 Å². The predicted octanol–water partition coefficient (Wildman–Crippen LogP) is 2.26. The standard InChI is InChI=1S/C5H6ClF/c1-5(6)3-2-4-7/h2-3H,1,4H2/b3-2-. The van der Waals surface area contributed by atoms with E-state index in [9.17, 15) is 4.39 Å². The lowest BCUT2D eigenvalue weighted by Crippen LogP contribution is -1.60. The number of alkyl halides is 1. The average molecular weight is 121 g/mol. The molecule has 0 aromatic carbocycles. The SMILES string of the molecule is C=C(Cl)/C=C\CF. The average Bonchev–Trinajstić information content (AvgIpc) is 1.61. The lowest BCUT2D eigenvalue weighted by molar-refractivity contribution is 0.562. The maximum atomic E-state index is 11.2. The molecule has 7 heavy (non-hydrogen) atoms. The Bertz CT molecular complexity index is 86.1. The van der Waals surface area contributed by atoms with E-state index in [2.05, 4.69) is 6.58 Å². The van der Waals surface area contributed by atoms with Gasteiger partial charge in [0, 0.05) is 5.03 Å². The third-order valence-corrected chi connectivity index (χ3v) is 0.514. The van der Waals surface area contributed by atoms with Crippen LogP contribution in [0.15, 0.2) is 23.8 Å². The normalized spacial score (nSPS) is 10.0. The van der Waals surface area contributed by atoms with Gasteiger partial charge in [-0.3, -0.25) is 0 Å². The fourth-order valence-electron chi connectivity index (χ4n) is 0.172. The lowest BCUT2D eigenvalue weighted by atomic mass is 10.5. The minimum absolute atomic E-state index is 0.359. The Balaban J connectivity index is 3.26. The molecule has 0 saturated carbocycles. The summed E-state index contributed by atoms with van der Waals surface area (Å²) in [6, 6.07) is 0. The van der Waals surface area contributed by atoms with E-state index < -0.39 is 6.67 Å². The van der Waals surface area contributed by atoms with Gasteiger partial charge in [0.25, 0.3) is 0 Å². The molecule has 0 N–H and O–H groups in total. The van der Waals surface area contributed by atoms with Crippen molar-refractivity contribution in [2.75, 3.05) is 6.67 Å². The Labute approximate surface area is 47.3 Å². The quantitative estimate of drug-likeness (QED) is 0.491. The Hall–Kier alpha value is -0.300. The maximum absolute atomic E-state index is 11.2. The Morgan fingerprint density at radius 3 is 2.57 bits per heavy atom. The van der Waals surface area contributed by atoms with E-state index >= 15 is 0 Å². The highest BCUT2D eigenvalue weighted by atomic mass is 35.5. The molecule has 0 atom stereocenters. The molecule has 0 nitrogen and oxygen atoms in total. The second kappa shape index (κ2) is 3.88. The summed E-state index contributed by atoms with van der Waals surface area (Å²) < 4.78 is 11.2. The molecule has 0 unspecified atom stereocenters. The number of hydrogen-bond donors (Lipinski definition) is 0. The number of allylic oxidation sites excluding steroid dienone is 3. The second-order valence-electron chi connectivity index (χ2n) is 1.00. The summed E-state index contributed by atoms with van der Waals surface area (Å²) in [7, 11) is 0. The van der Waals surface area contributed by atoms with Crippen molar-refractivity contribution < 1.29 is 4.39 Å². The number of halogens is 2. The molecule has 0 saturated heterocycles. The van der Waals surface area contributed by atoms with Crippen LogP contribution in [0, 0.1) is 0 Å². The minimum Gasteiger partial charge on any atom is -0.247 e. The summed E-state index contributed by atoms with van der Waals surface area (Å²) in [5, 5.41) is 0.359. The van der Waals surface area contributed by atoms with Gasteiger partial charge in [0.1, 0.15) is 6.67 Å². The molecule has 0 aliphatic heterocycles. The van der Waals surface area contributed by atoms with Crippen molar-refractivity contribution in [1.29, 1.82) is 0 Å². The van der Waals surface area contributed by atoms with E-state index in [0.29, 0.717) is 5.03 Å². The summed E-state index contributed by atoms with van der Waals surface area (Å²) in [6.45, 7) is 2.82. The van der Waals surface area contributed by atoms with Crippen molar-refractivity contribution in [1.82, 2.24) is 0 Å². The highest BCUT2D eigenvalue weighted by Crippen LogP contribution is 1.96. The molecule has 0 aliphatic rings. The largest absolute Gasteiger partial charge is 0.247 e. The highest BCUT2D eigenvalue weighted by Gasteiger charge is 1.72. The van der Waals surface area contributed by atoms with Gasteiger partial charge in [0.05, 0.1) is 0 Å². The molecular formula is C5H6ClF. The highest BCUT2D eigenvalue weighted by molar-refractivity contribution is 6.30. The zero-order valence-corrected chi connectivity index (χ0v) is 4.58. The van der Waals surface area contributed by atoms with Gasteiger partial charge in [-0.25, -0.2) is 4.39 Å². The van der Waals surface area contributed by atoms with Crippen molar-refractivity contribution in [2.24, 2.45) is 0 Å². The zero-order valence-electron chi connectivity index (χ0n) is 3.82. The van der Waals surface area contributed by atoms with Crippen molar-refractivity contribution >= 4 is 11.6 Å². The molecule has 0 heterocycles. The van der Waals surface area contributed by atoms with Crippen LogP contribution in [0.3, 0.4) is 0 Å². The molecule has 0 amide bonds. The van der Waals surface area contributed by atoms with Crippen LogP contribution in [-0.2, 0) is 0 Å².